The number of methoxy groups -OCH3 is 3. The van der Waals surface area contributed by atoms with E-state index in [1.807, 2.05) is 60.9 Å². The van der Waals surface area contributed by atoms with Gasteiger partial charge in [-0.15, -0.1) is 0 Å². The molecule has 1 unspecified atom stereocenters. The zero-order valence-corrected chi connectivity index (χ0v) is 30.4. The number of carbonyl (C=O) groups excluding carboxylic acids is 2. The molecule has 0 saturated heterocycles. The lowest BCUT2D eigenvalue weighted by molar-refractivity contribution is 0.0814. The summed E-state index contributed by atoms with van der Waals surface area (Å²) in [7, 11) is 4.69. The van der Waals surface area contributed by atoms with E-state index in [0.717, 1.165) is 34.4 Å². The highest BCUT2D eigenvalue weighted by Gasteiger charge is 2.33. The van der Waals surface area contributed by atoms with E-state index in [4.69, 9.17) is 34.4 Å². The molecular formula is C42H41N5O7. The van der Waals surface area contributed by atoms with Gasteiger partial charge in [0.2, 0.25) is 0 Å². The first kappa shape index (κ1) is 35.8. The number of hydrogen-bond donors (Lipinski definition) is 1. The minimum atomic E-state index is -0.211. The highest BCUT2D eigenvalue weighted by molar-refractivity contribution is 6.05. The van der Waals surface area contributed by atoms with Gasteiger partial charge in [0.15, 0.2) is 23.0 Å². The summed E-state index contributed by atoms with van der Waals surface area (Å²) in [6.45, 7) is 4.80. The van der Waals surface area contributed by atoms with Gasteiger partial charge in [-0.3, -0.25) is 19.6 Å². The average Bonchev–Trinajstić information content (AvgIpc) is 3.85. The first-order chi connectivity index (χ1) is 26.3. The number of rotatable bonds is 13. The maximum Gasteiger partial charge on any atom is 0.260 e. The number of nitrogen functional groups attached to an aromatic ring is 1. The molecule has 12 nitrogen and oxygen atoms in total. The van der Waals surface area contributed by atoms with Crippen molar-refractivity contribution >= 4 is 53.0 Å². The second-order valence-electron chi connectivity index (χ2n) is 12.9. The Kier molecular flexibility index (Phi) is 10.3. The van der Waals surface area contributed by atoms with Crippen LogP contribution in [0.4, 0.5) is 17.1 Å². The highest BCUT2D eigenvalue weighted by atomic mass is 16.5. The Morgan fingerprint density at radius 3 is 2.20 bits per heavy atom. The molecule has 0 radical (unpaired) electrons. The van der Waals surface area contributed by atoms with Crippen LogP contribution in [0.1, 0.15) is 51.1 Å². The molecular weight excluding hydrogens is 686 g/mol. The van der Waals surface area contributed by atoms with Crippen molar-refractivity contribution in [2.45, 2.75) is 25.3 Å². The first-order valence-electron chi connectivity index (χ1n) is 17.6. The number of nitrogens with two attached hydrogens (primary N) is 1. The number of nitrogens with zero attached hydrogens (tertiary/aromatic N) is 4. The Morgan fingerprint density at radius 1 is 0.852 bits per heavy atom. The quantitative estimate of drug-likeness (QED) is 0.0859. The maximum absolute atomic E-state index is 13.7. The highest BCUT2D eigenvalue weighted by Crippen LogP contribution is 2.41. The van der Waals surface area contributed by atoms with Crippen LogP contribution in [-0.2, 0) is 0 Å². The summed E-state index contributed by atoms with van der Waals surface area (Å²) in [5, 5.41) is 0. The van der Waals surface area contributed by atoms with Crippen molar-refractivity contribution in [1.29, 1.82) is 0 Å². The summed E-state index contributed by atoms with van der Waals surface area (Å²) in [5.41, 5.74) is 12.4. The van der Waals surface area contributed by atoms with E-state index in [1.165, 1.54) is 14.2 Å². The van der Waals surface area contributed by atoms with Gasteiger partial charge in [0.05, 0.1) is 63.1 Å². The van der Waals surface area contributed by atoms with E-state index in [2.05, 4.69) is 11.7 Å². The zero-order chi connectivity index (χ0) is 37.8. The van der Waals surface area contributed by atoms with Gasteiger partial charge >= 0.3 is 0 Å². The van der Waals surface area contributed by atoms with E-state index in [9.17, 15) is 9.59 Å². The summed E-state index contributed by atoms with van der Waals surface area (Å²) in [6, 6.07) is 21.9. The van der Waals surface area contributed by atoms with Crippen LogP contribution in [0.2, 0.25) is 0 Å². The van der Waals surface area contributed by atoms with E-state index < -0.39 is 0 Å². The number of anilines is 1. The minimum Gasteiger partial charge on any atom is -0.497 e. The van der Waals surface area contributed by atoms with E-state index >= 15 is 0 Å². The fourth-order valence-corrected chi connectivity index (χ4v) is 6.71. The van der Waals surface area contributed by atoms with Crippen LogP contribution in [-0.4, -0.2) is 81.7 Å². The third-order valence-electron chi connectivity index (χ3n) is 9.64. The number of amides is 2. The van der Waals surface area contributed by atoms with Gasteiger partial charge in [-0.1, -0.05) is 24.3 Å². The van der Waals surface area contributed by atoms with E-state index in [1.54, 1.807) is 47.4 Å². The molecule has 276 valence electrons. The predicted molar refractivity (Wildman–Crippen MR) is 209 cm³/mol. The first-order valence-corrected chi connectivity index (χ1v) is 17.6. The van der Waals surface area contributed by atoms with Crippen LogP contribution < -0.4 is 29.4 Å². The van der Waals surface area contributed by atoms with Crippen LogP contribution in [0.5, 0.6) is 28.7 Å². The molecule has 4 aromatic rings. The molecule has 0 bridgehead atoms. The van der Waals surface area contributed by atoms with Gasteiger partial charge in [0.1, 0.15) is 5.75 Å². The molecule has 1 atom stereocenters. The molecule has 3 aliphatic heterocycles. The molecule has 0 spiro atoms. The second kappa shape index (κ2) is 15.6. The average molecular weight is 728 g/mol. The third kappa shape index (κ3) is 7.23. The van der Waals surface area contributed by atoms with Crippen molar-refractivity contribution in [2.24, 2.45) is 9.98 Å². The molecule has 54 heavy (non-hydrogen) atoms. The maximum atomic E-state index is 13.7. The van der Waals surface area contributed by atoms with Crippen molar-refractivity contribution in [3.63, 3.8) is 0 Å². The van der Waals surface area contributed by atoms with Crippen LogP contribution in [0, 0.1) is 0 Å². The minimum absolute atomic E-state index is 0.163. The fourth-order valence-electron chi connectivity index (χ4n) is 6.71. The molecule has 0 fully saturated rings. The summed E-state index contributed by atoms with van der Waals surface area (Å²) < 4.78 is 28.7. The number of fused-ring (bicyclic) bond motifs is 2. The molecule has 4 aromatic carbocycles. The molecule has 0 saturated carbocycles. The Morgan fingerprint density at radius 2 is 1.52 bits per heavy atom. The van der Waals surface area contributed by atoms with Gasteiger partial charge in [-0.25, -0.2) is 0 Å². The van der Waals surface area contributed by atoms with Crippen molar-refractivity contribution in [3.8, 4) is 28.7 Å². The molecule has 12 heteroatoms. The lowest BCUT2D eigenvalue weighted by Gasteiger charge is -2.19. The SMILES string of the molecule is C=Nc1cc(OCCCOc2cc3c(cc2OC)C(=O)N2C=C(c4ccc(OC)cc4)CC2C=N3)c(OC)cc1C(=O)N1C=C(c2ccc(N)cc2)CC1. The molecule has 2 N–H and O–H groups in total. The van der Waals surface area contributed by atoms with Crippen LogP contribution in [0.15, 0.2) is 95.2 Å². The fraction of sp³-hybridized carbons (Fsp3) is 0.238. The summed E-state index contributed by atoms with van der Waals surface area (Å²) >= 11 is 0. The molecule has 3 aliphatic rings. The third-order valence-corrected chi connectivity index (χ3v) is 9.64. The van der Waals surface area contributed by atoms with Gasteiger partial charge in [-0.2, -0.15) is 0 Å². The Balaban J connectivity index is 0.981. The monoisotopic (exact) mass is 727 g/mol. The number of aliphatic imine (C=N–C) groups is 2. The van der Waals surface area contributed by atoms with Crippen molar-refractivity contribution in [3.05, 3.63) is 107 Å². The van der Waals surface area contributed by atoms with Crippen LogP contribution in [0.25, 0.3) is 11.1 Å². The standard InChI is InChI=1S/C42H41N5O7/c1-44-35-21-39(37(51-3)19-33(35)41(48)46-15-14-28(24-46)26-6-10-30(43)11-7-26)53-16-5-17-54-40-22-36-34(20-38(40)52-4)42(49)47-25-29(18-31(47)23-45-36)27-8-12-32(50-2)13-9-27/h6-13,19-25,31H,1,5,14-18,43H2,2-4H3. The predicted octanol–water partition coefficient (Wildman–Crippen LogP) is 7.33. The normalized spacial score (nSPS) is 15.8. The van der Waals surface area contributed by atoms with E-state index in [-0.39, 0.29) is 24.5 Å². The summed E-state index contributed by atoms with van der Waals surface area (Å²) in [5.74, 6) is 2.11. The van der Waals surface area contributed by atoms with Crippen molar-refractivity contribution in [1.82, 2.24) is 9.80 Å². The van der Waals surface area contributed by atoms with Crippen molar-refractivity contribution < 1.29 is 33.3 Å². The number of hydrogen-bond acceptors (Lipinski definition) is 10. The smallest absolute Gasteiger partial charge is 0.260 e. The molecule has 3 heterocycles. The lowest BCUT2D eigenvalue weighted by atomic mass is 10.0. The summed E-state index contributed by atoms with van der Waals surface area (Å²) in [6.07, 6.45) is 7.43. The van der Waals surface area contributed by atoms with Crippen molar-refractivity contribution in [2.75, 3.05) is 46.8 Å². The molecule has 0 aliphatic carbocycles. The Hall–Kier alpha value is -6.56. The largest absolute Gasteiger partial charge is 0.497 e. The second-order valence-corrected chi connectivity index (χ2v) is 12.9. The van der Waals surface area contributed by atoms with Gasteiger partial charge in [-0.05, 0) is 71.8 Å². The number of carbonyl (C=O) groups is 2. The number of ether oxygens (including phenoxy) is 5. The molecule has 7 rings (SSSR count). The topological polar surface area (TPSA) is 138 Å². The van der Waals surface area contributed by atoms with Crippen LogP contribution in [0.3, 0.4) is 0 Å². The van der Waals surface area contributed by atoms with Gasteiger partial charge < -0.3 is 39.2 Å². The van der Waals surface area contributed by atoms with E-state index in [0.29, 0.717) is 77.2 Å². The molecule has 2 amide bonds. The lowest BCUT2D eigenvalue weighted by Crippen LogP contribution is -2.32. The Labute approximate surface area is 313 Å². The Bertz CT molecular complexity index is 2180. The number of benzene rings is 4. The van der Waals surface area contributed by atoms with Gasteiger partial charge in [0, 0.05) is 55.8 Å². The summed E-state index contributed by atoms with van der Waals surface area (Å²) in [4.78, 5) is 39.5. The van der Waals surface area contributed by atoms with Crippen LogP contribution >= 0.6 is 0 Å². The zero-order valence-electron chi connectivity index (χ0n) is 30.4. The van der Waals surface area contributed by atoms with Gasteiger partial charge in [0.25, 0.3) is 11.8 Å². The molecule has 0 aromatic heterocycles.